The Hall–Kier alpha value is -2.51. The number of nitrogens with zero attached hydrogens (tertiary/aromatic N) is 3. The molecule has 144 valence electrons. The Balaban J connectivity index is 1.52. The summed E-state index contributed by atoms with van der Waals surface area (Å²) < 4.78 is 6.72. The van der Waals surface area contributed by atoms with Crippen LogP contribution in [-0.4, -0.2) is 32.8 Å². The molecule has 2 heterocycles. The Morgan fingerprint density at radius 2 is 2.07 bits per heavy atom. The van der Waals surface area contributed by atoms with Crippen LogP contribution in [0.25, 0.3) is 11.1 Å². The van der Waals surface area contributed by atoms with Gasteiger partial charge in [0.05, 0.1) is 11.2 Å². The van der Waals surface area contributed by atoms with Crippen LogP contribution >= 0.6 is 23.4 Å². The highest BCUT2D eigenvalue weighted by Crippen LogP contribution is 2.29. The van der Waals surface area contributed by atoms with Gasteiger partial charge in [-0.3, -0.25) is 14.3 Å². The smallest absolute Gasteiger partial charge is 0.408 e. The van der Waals surface area contributed by atoms with Crippen molar-refractivity contribution in [2.75, 3.05) is 12.3 Å². The van der Waals surface area contributed by atoms with Gasteiger partial charge in [-0.2, -0.15) is 0 Å². The summed E-state index contributed by atoms with van der Waals surface area (Å²) in [4.78, 5) is 31.2. The van der Waals surface area contributed by atoms with E-state index in [1.165, 1.54) is 4.57 Å². The molecule has 1 aromatic heterocycles. The molecule has 8 heteroatoms. The number of halogens is 1. The molecule has 0 bridgehead atoms. The molecule has 0 aliphatic carbocycles. The molecule has 0 radical (unpaired) electrons. The van der Waals surface area contributed by atoms with E-state index in [4.69, 9.17) is 16.0 Å². The van der Waals surface area contributed by atoms with Gasteiger partial charge < -0.3 is 4.42 Å². The van der Waals surface area contributed by atoms with Gasteiger partial charge >= 0.3 is 5.76 Å². The Kier molecular flexibility index (Phi) is 5.28. The lowest BCUT2D eigenvalue weighted by Gasteiger charge is -2.16. The van der Waals surface area contributed by atoms with Crippen LogP contribution in [-0.2, 0) is 11.3 Å². The van der Waals surface area contributed by atoms with Crippen LogP contribution in [0.3, 0.4) is 0 Å². The number of carbonyl (C=O) groups excluding carboxylic acids is 1. The summed E-state index contributed by atoms with van der Waals surface area (Å²) in [6.45, 7) is 2.77. The number of hydrogen-bond donors (Lipinski definition) is 0. The van der Waals surface area contributed by atoms with Crippen LogP contribution in [0.4, 0.5) is 5.69 Å². The van der Waals surface area contributed by atoms with E-state index < -0.39 is 5.76 Å². The first kappa shape index (κ1) is 18.8. The zero-order valence-corrected chi connectivity index (χ0v) is 16.8. The fraction of sp³-hybridized carbons (Fsp3) is 0.250. The summed E-state index contributed by atoms with van der Waals surface area (Å²) in [6, 6.07) is 12.7. The molecule has 1 amide bonds. The lowest BCUT2D eigenvalue weighted by molar-refractivity contribution is -0.127. The van der Waals surface area contributed by atoms with Gasteiger partial charge in [0.2, 0.25) is 5.91 Å². The SMILES string of the molecule is Cc1c(Cl)cccc1N=C1SCCN1C(=O)CCn1c(=O)oc2ccccc21. The Labute approximate surface area is 170 Å². The third kappa shape index (κ3) is 3.59. The molecular weight excluding hydrogens is 398 g/mol. The van der Waals surface area contributed by atoms with E-state index in [1.54, 1.807) is 22.7 Å². The van der Waals surface area contributed by atoms with Crippen LogP contribution in [0.5, 0.6) is 0 Å². The van der Waals surface area contributed by atoms with Crippen molar-refractivity contribution in [3.8, 4) is 0 Å². The highest BCUT2D eigenvalue weighted by molar-refractivity contribution is 8.14. The largest absolute Gasteiger partial charge is 0.419 e. The predicted octanol–water partition coefficient (Wildman–Crippen LogP) is 4.21. The number of aliphatic imine (C=N–C) groups is 1. The summed E-state index contributed by atoms with van der Waals surface area (Å²) in [5.74, 6) is 0.271. The molecule has 0 N–H and O–H groups in total. The first-order valence-electron chi connectivity index (χ1n) is 8.90. The number of amidine groups is 1. The van der Waals surface area contributed by atoms with Crippen LogP contribution in [0.1, 0.15) is 12.0 Å². The summed E-state index contributed by atoms with van der Waals surface area (Å²) in [6.07, 6.45) is 0.192. The van der Waals surface area contributed by atoms with Crippen LogP contribution in [0, 0.1) is 6.92 Å². The number of benzene rings is 2. The van der Waals surface area contributed by atoms with E-state index in [0.29, 0.717) is 27.8 Å². The summed E-state index contributed by atoms with van der Waals surface area (Å²) in [7, 11) is 0. The van der Waals surface area contributed by atoms with Crippen molar-refractivity contribution >= 4 is 51.2 Å². The molecule has 1 saturated heterocycles. The van der Waals surface area contributed by atoms with Crippen LogP contribution in [0.2, 0.25) is 5.02 Å². The van der Waals surface area contributed by atoms with Crippen molar-refractivity contribution in [2.45, 2.75) is 19.9 Å². The normalized spacial score (nSPS) is 15.6. The first-order valence-corrected chi connectivity index (χ1v) is 10.3. The molecule has 1 aliphatic rings. The molecule has 0 spiro atoms. The average Bonchev–Trinajstić information content (AvgIpc) is 3.27. The number of thioether (sulfide) groups is 1. The van der Waals surface area contributed by atoms with Crippen LogP contribution < -0.4 is 5.76 Å². The van der Waals surface area contributed by atoms with Gasteiger partial charge in [0.25, 0.3) is 0 Å². The molecule has 1 fully saturated rings. The van der Waals surface area contributed by atoms with E-state index in [2.05, 4.69) is 4.99 Å². The minimum atomic E-state index is -0.451. The zero-order valence-electron chi connectivity index (χ0n) is 15.2. The van der Waals surface area contributed by atoms with Gasteiger partial charge in [-0.25, -0.2) is 9.79 Å². The number of aryl methyl sites for hydroxylation is 1. The summed E-state index contributed by atoms with van der Waals surface area (Å²) in [5, 5.41) is 1.31. The van der Waals surface area contributed by atoms with Crippen molar-refractivity contribution in [1.82, 2.24) is 9.47 Å². The second-order valence-electron chi connectivity index (χ2n) is 6.41. The topological polar surface area (TPSA) is 67.8 Å². The maximum Gasteiger partial charge on any atom is 0.419 e. The molecule has 0 atom stereocenters. The molecule has 6 nitrogen and oxygen atoms in total. The minimum absolute atomic E-state index is 0.0689. The van der Waals surface area contributed by atoms with Gasteiger partial charge in [0.1, 0.15) is 0 Å². The van der Waals surface area contributed by atoms with E-state index in [-0.39, 0.29) is 18.9 Å². The number of para-hydroxylation sites is 2. The first-order chi connectivity index (χ1) is 13.5. The third-order valence-corrected chi connectivity index (χ3v) is 6.02. The Morgan fingerprint density at radius 1 is 1.25 bits per heavy atom. The molecule has 28 heavy (non-hydrogen) atoms. The van der Waals surface area contributed by atoms with Crippen molar-refractivity contribution in [3.05, 3.63) is 63.6 Å². The summed E-state index contributed by atoms with van der Waals surface area (Å²) in [5.41, 5.74) is 2.86. The van der Waals surface area contributed by atoms with E-state index in [1.807, 2.05) is 43.3 Å². The predicted molar refractivity (Wildman–Crippen MR) is 113 cm³/mol. The fourth-order valence-corrected chi connectivity index (χ4v) is 4.25. The molecule has 0 saturated carbocycles. The maximum atomic E-state index is 12.8. The standard InChI is InChI=1S/C20H18ClN3O3S/c1-13-14(21)5-4-6-15(13)22-19-24(11-12-28-19)18(25)9-10-23-16-7-2-3-8-17(16)27-20(23)26/h2-8H,9-12H2,1H3. The molecule has 1 aliphatic heterocycles. The number of oxazole rings is 1. The Morgan fingerprint density at radius 3 is 2.93 bits per heavy atom. The zero-order chi connectivity index (χ0) is 19.7. The van der Waals surface area contributed by atoms with E-state index in [0.717, 1.165) is 17.0 Å². The van der Waals surface area contributed by atoms with Gasteiger partial charge in [0.15, 0.2) is 10.8 Å². The quantitative estimate of drug-likeness (QED) is 0.640. The van der Waals surface area contributed by atoms with Crippen molar-refractivity contribution in [2.24, 2.45) is 4.99 Å². The fourth-order valence-electron chi connectivity index (χ4n) is 3.11. The number of fused-ring (bicyclic) bond motifs is 1. The highest BCUT2D eigenvalue weighted by atomic mass is 35.5. The third-order valence-electron chi connectivity index (χ3n) is 4.66. The van der Waals surface area contributed by atoms with E-state index in [9.17, 15) is 9.59 Å². The van der Waals surface area contributed by atoms with Crippen molar-refractivity contribution < 1.29 is 9.21 Å². The monoisotopic (exact) mass is 415 g/mol. The second kappa shape index (κ2) is 7.85. The number of carbonyl (C=O) groups is 1. The van der Waals surface area contributed by atoms with Gasteiger partial charge in [-0.1, -0.05) is 41.6 Å². The number of aromatic nitrogens is 1. The molecule has 3 aromatic rings. The minimum Gasteiger partial charge on any atom is -0.408 e. The lowest BCUT2D eigenvalue weighted by Crippen LogP contribution is -2.33. The average molecular weight is 416 g/mol. The molecule has 4 rings (SSSR count). The van der Waals surface area contributed by atoms with Crippen molar-refractivity contribution in [3.63, 3.8) is 0 Å². The van der Waals surface area contributed by atoms with Crippen LogP contribution in [0.15, 0.2) is 56.7 Å². The van der Waals surface area contributed by atoms with Gasteiger partial charge in [0, 0.05) is 30.3 Å². The number of rotatable bonds is 4. The molecule has 0 unspecified atom stereocenters. The highest BCUT2D eigenvalue weighted by Gasteiger charge is 2.26. The van der Waals surface area contributed by atoms with Crippen molar-refractivity contribution in [1.29, 1.82) is 0 Å². The summed E-state index contributed by atoms with van der Waals surface area (Å²) >= 11 is 7.71. The van der Waals surface area contributed by atoms with E-state index >= 15 is 0 Å². The molecular formula is C20H18ClN3O3S. The Bertz CT molecular complexity index is 1140. The number of amides is 1. The van der Waals surface area contributed by atoms with Gasteiger partial charge in [-0.05, 0) is 36.8 Å². The maximum absolute atomic E-state index is 12.8. The molecule has 2 aromatic carbocycles. The van der Waals surface area contributed by atoms with Gasteiger partial charge in [-0.15, -0.1) is 0 Å². The second-order valence-corrected chi connectivity index (χ2v) is 7.88. The lowest BCUT2D eigenvalue weighted by atomic mass is 10.2. The number of hydrogen-bond acceptors (Lipinski definition) is 5.